The van der Waals surface area contributed by atoms with Gasteiger partial charge in [0.15, 0.2) is 0 Å². The fourth-order valence-corrected chi connectivity index (χ4v) is 1.37. The van der Waals surface area contributed by atoms with E-state index in [0.29, 0.717) is 6.54 Å². The number of aliphatic hydroxyl groups excluding tert-OH is 1. The largest absolute Gasteiger partial charge is 0.447 e. The van der Waals surface area contributed by atoms with E-state index in [9.17, 15) is 4.79 Å². The lowest BCUT2D eigenvalue weighted by Crippen LogP contribution is -2.27. The van der Waals surface area contributed by atoms with Crippen molar-refractivity contribution in [3.8, 4) is 0 Å². The molecule has 16 heavy (non-hydrogen) atoms. The monoisotopic (exact) mass is 223 g/mol. The van der Waals surface area contributed by atoms with Crippen LogP contribution in [0, 0.1) is 6.92 Å². The van der Waals surface area contributed by atoms with E-state index in [0.717, 1.165) is 6.42 Å². The Bertz CT molecular complexity index is 339. The molecular formula is C12H17NO3. The molecule has 88 valence electrons. The Morgan fingerprint density at radius 3 is 3.00 bits per heavy atom. The molecule has 1 amide bonds. The molecule has 0 saturated carbocycles. The maximum Gasteiger partial charge on any atom is 0.407 e. The number of ether oxygens (including phenoxy) is 1. The minimum absolute atomic E-state index is 0.0380. The minimum atomic E-state index is -0.485. The smallest absolute Gasteiger partial charge is 0.407 e. The van der Waals surface area contributed by atoms with Crippen molar-refractivity contribution in [3.05, 3.63) is 35.4 Å². The Morgan fingerprint density at radius 1 is 1.50 bits per heavy atom. The first-order valence-corrected chi connectivity index (χ1v) is 5.29. The highest BCUT2D eigenvalue weighted by Gasteiger charge is 2.00. The third-order valence-corrected chi connectivity index (χ3v) is 2.09. The first-order chi connectivity index (χ1) is 7.72. The van der Waals surface area contributed by atoms with E-state index in [4.69, 9.17) is 5.11 Å². The van der Waals surface area contributed by atoms with Crippen LogP contribution in [0.5, 0.6) is 0 Å². The van der Waals surface area contributed by atoms with Gasteiger partial charge in [-0.25, -0.2) is 4.79 Å². The molecule has 0 bridgehead atoms. The Labute approximate surface area is 95.2 Å². The van der Waals surface area contributed by atoms with E-state index in [-0.39, 0.29) is 13.2 Å². The molecule has 1 rings (SSSR count). The highest BCUT2D eigenvalue weighted by Crippen LogP contribution is 2.03. The molecule has 4 heteroatoms. The van der Waals surface area contributed by atoms with Gasteiger partial charge in [-0.05, 0) is 18.9 Å². The number of carbonyl (C=O) groups is 1. The molecule has 0 radical (unpaired) electrons. The normalized spacial score (nSPS) is 9.88. The number of carbonyl (C=O) groups excluding carboxylic acids is 1. The van der Waals surface area contributed by atoms with E-state index in [1.54, 1.807) is 0 Å². The molecule has 4 nitrogen and oxygen atoms in total. The van der Waals surface area contributed by atoms with E-state index in [1.165, 1.54) is 11.1 Å². The summed E-state index contributed by atoms with van der Waals surface area (Å²) in [6, 6.07) is 8.13. The zero-order valence-corrected chi connectivity index (χ0v) is 9.40. The average Bonchev–Trinajstić information content (AvgIpc) is 2.26. The fourth-order valence-electron chi connectivity index (χ4n) is 1.37. The predicted molar refractivity (Wildman–Crippen MR) is 61.3 cm³/mol. The first kappa shape index (κ1) is 12.5. The second-order valence-electron chi connectivity index (χ2n) is 3.53. The summed E-state index contributed by atoms with van der Waals surface area (Å²) in [5.41, 5.74) is 2.39. The Kier molecular flexibility index (Phi) is 5.36. The molecule has 0 aliphatic carbocycles. The number of alkyl carbamates (subject to hydrolysis) is 1. The van der Waals surface area contributed by atoms with Gasteiger partial charge in [-0.15, -0.1) is 0 Å². The number of hydrogen-bond donors (Lipinski definition) is 2. The van der Waals surface area contributed by atoms with Crippen LogP contribution in [-0.4, -0.2) is 31.0 Å². The maximum atomic E-state index is 11.0. The maximum absolute atomic E-state index is 11.0. The van der Waals surface area contributed by atoms with Crippen molar-refractivity contribution in [2.24, 2.45) is 0 Å². The number of amides is 1. The summed E-state index contributed by atoms with van der Waals surface area (Å²) in [6.45, 7) is 2.46. The third kappa shape index (κ3) is 4.79. The molecule has 1 aromatic carbocycles. The lowest BCUT2D eigenvalue weighted by molar-refractivity contribution is 0.119. The van der Waals surface area contributed by atoms with Crippen molar-refractivity contribution in [1.29, 1.82) is 0 Å². The average molecular weight is 223 g/mol. The van der Waals surface area contributed by atoms with Crippen LogP contribution in [0.3, 0.4) is 0 Å². The second kappa shape index (κ2) is 6.85. The summed E-state index contributed by atoms with van der Waals surface area (Å²) in [5, 5.41) is 11.1. The zero-order chi connectivity index (χ0) is 11.8. The number of benzene rings is 1. The molecule has 0 spiro atoms. The van der Waals surface area contributed by atoms with Crippen molar-refractivity contribution in [3.63, 3.8) is 0 Å². The SMILES string of the molecule is Cc1cccc(CCNC(=O)OCCO)c1. The second-order valence-corrected chi connectivity index (χ2v) is 3.53. The Hall–Kier alpha value is -1.55. The Morgan fingerprint density at radius 2 is 2.31 bits per heavy atom. The number of aryl methyl sites for hydroxylation is 1. The van der Waals surface area contributed by atoms with E-state index in [1.807, 2.05) is 25.1 Å². The summed E-state index contributed by atoms with van der Waals surface area (Å²) >= 11 is 0. The summed E-state index contributed by atoms with van der Waals surface area (Å²) in [4.78, 5) is 11.0. The van der Waals surface area contributed by atoms with Crippen LogP contribution in [0.4, 0.5) is 4.79 Å². The van der Waals surface area contributed by atoms with Gasteiger partial charge < -0.3 is 15.2 Å². The van der Waals surface area contributed by atoms with Crippen LogP contribution in [-0.2, 0) is 11.2 Å². The number of hydrogen-bond acceptors (Lipinski definition) is 3. The van der Waals surface area contributed by atoms with Gasteiger partial charge in [0.05, 0.1) is 6.61 Å². The van der Waals surface area contributed by atoms with Crippen LogP contribution >= 0.6 is 0 Å². The molecule has 1 aromatic rings. The van der Waals surface area contributed by atoms with E-state index in [2.05, 4.69) is 16.1 Å². The molecule has 0 aliphatic heterocycles. The summed E-state index contributed by atoms with van der Waals surface area (Å²) in [5.74, 6) is 0. The number of nitrogens with one attached hydrogen (secondary N) is 1. The highest BCUT2D eigenvalue weighted by atomic mass is 16.6. The molecular weight excluding hydrogens is 206 g/mol. The highest BCUT2D eigenvalue weighted by molar-refractivity contribution is 5.67. The summed E-state index contributed by atoms with van der Waals surface area (Å²) < 4.78 is 4.65. The van der Waals surface area contributed by atoms with Crippen LogP contribution in [0.25, 0.3) is 0 Å². The van der Waals surface area contributed by atoms with Crippen molar-refractivity contribution in [2.45, 2.75) is 13.3 Å². The van der Waals surface area contributed by atoms with Crippen molar-refractivity contribution >= 4 is 6.09 Å². The van der Waals surface area contributed by atoms with Crippen molar-refractivity contribution < 1.29 is 14.6 Å². The van der Waals surface area contributed by atoms with Crippen LogP contribution in [0.2, 0.25) is 0 Å². The van der Waals surface area contributed by atoms with Crippen molar-refractivity contribution in [2.75, 3.05) is 19.8 Å². The molecule has 0 fully saturated rings. The molecule has 0 heterocycles. The molecule has 0 saturated heterocycles. The van der Waals surface area contributed by atoms with Gasteiger partial charge in [0, 0.05) is 6.54 Å². The lowest BCUT2D eigenvalue weighted by Gasteiger charge is -2.06. The number of aliphatic hydroxyl groups is 1. The van der Waals surface area contributed by atoms with Crippen LogP contribution in [0.1, 0.15) is 11.1 Å². The van der Waals surface area contributed by atoms with Gasteiger partial charge in [-0.1, -0.05) is 29.8 Å². The molecule has 0 atom stereocenters. The molecule has 0 unspecified atom stereocenters. The third-order valence-electron chi connectivity index (χ3n) is 2.09. The lowest BCUT2D eigenvalue weighted by atomic mass is 10.1. The fraction of sp³-hybridized carbons (Fsp3) is 0.417. The standard InChI is InChI=1S/C12H17NO3/c1-10-3-2-4-11(9-10)5-6-13-12(15)16-8-7-14/h2-4,9,14H,5-8H2,1H3,(H,13,15). The van der Waals surface area contributed by atoms with Crippen molar-refractivity contribution in [1.82, 2.24) is 5.32 Å². The van der Waals surface area contributed by atoms with E-state index >= 15 is 0 Å². The minimum Gasteiger partial charge on any atom is -0.447 e. The van der Waals surface area contributed by atoms with Gasteiger partial charge in [0.1, 0.15) is 6.61 Å². The van der Waals surface area contributed by atoms with Gasteiger partial charge in [0.25, 0.3) is 0 Å². The molecule has 0 aliphatic rings. The topological polar surface area (TPSA) is 58.6 Å². The first-order valence-electron chi connectivity index (χ1n) is 5.29. The summed E-state index contributed by atoms with van der Waals surface area (Å²) in [7, 11) is 0. The van der Waals surface area contributed by atoms with Gasteiger partial charge in [-0.2, -0.15) is 0 Å². The van der Waals surface area contributed by atoms with Crippen LogP contribution < -0.4 is 5.32 Å². The molecule has 2 N–H and O–H groups in total. The number of rotatable bonds is 5. The van der Waals surface area contributed by atoms with Gasteiger partial charge in [-0.3, -0.25) is 0 Å². The predicted octanol–water partition coefficient (Wildman–Crippen LogP) is 1.26. The molecule has 0 aromatic heterocycles. The summed E-state index contributed by atoms with van der Waals surface area (Å²) in [6.07, 6.45) is 0.289. The zero-order valence-electron chi connectivity index (χ0n) is 9.40. The van der Waals surface area contributed by atoms with Gasteiger partial charge in [0.2, 0.25) is 0 Å². The Balaban J connectivity index is 2.22. The van der Waals surface area contributed by atoms with Crippen LogP contribution in [0.15, 0.2) is 24.3 Å². The quantitative estimate of drug-likeness (QED) is 0.790. The van der Waals surface area contributed by atoms with Gasteiger partial charge >= 0.3 is 6.09 Å². The van der Waals surface area contributed by atoms with E-state index < -0.39 is 6.09 Å².